The largest absolute Gasteiger partial charge is 0.368 e. The molecule has 0 unspecified atom stereocenters. The molecule has 1 aromatic rings. The molecule has 0 saturated carbocycles. The lowest BCUT2D eigenvalue weighted by molar-refractivity contribution is -0.118. The van der Waals surface area contributed by atoms with Crippen molar-refractivity contribution in [3.63, 3.8) is 0 Å². The molecule has 1 amide bonds. The normalized spacial score (nSPS) is 10.0. The number of amides is 1. The second kappa shape index (κ2) is 3.11. The maximum atomic E-state index is 10.4. The van der Waals surface area contributed by atoms with Crippen LogP contribution in [-0.2, 0) is 11.3 Å². The number of hydrogen-bond acceptors (Lipinski definition) is 2. The van der Waals surface area contributed by atoms with Crippen LogP contribution < -0.4 is 5.73 Å². The van der Waals surface area contributed by atoms with E-state index in [4.69, 9.17) is 28.9 Å². The number of carbonyl (C=O) groups excluding carboxylic acids is 1. The summed E-state index contributed by atoms with van der Waals surface area (Å²) in [6, 6.07) is 0. The highest BCUT2D eigenvalue weighted by Gasteiger charge is 2.06. The Morgan fingerprint density at radius 1 is 1.73 bits per heavy atom. The Labute approximate surface area is 72.9 Å². The van der Waals surface area contributed by atoms with E-state index in [0.29, 0.717) is 0 Å². The molecule has 60 valence electrons. The fraction of sp³-hybridized carbons (Fsp3) is 0.200. The van der Waals surface area contributed by atoms with Gasteiger partial charge in [-0.1, -0.05) is 23.2 Å². The molecule has 4 nitrogen and oxygen atoms in total. The Kier molecular flexibility index (Phi) is 2.36. The number of nitrogens with zero attached hydrogens (tertiary/aromatic N) is 2. The summed E-state index contributed by atoms with van der Waals surface area (Å²) in [5.74, 6) is -0.485. The van der Waals surface area contributed by atoms with Crippen molar-refractivity contribution in [1.29, 1.82) is 0 Å². The number of nitrogens with two attached hydrogens (primary N) is 1. The van der Waals surface area contributed by atoms with Crippen LogP contribution in [0, 0.1) is 0 Å². The van der Waals surface area contributed by atoms with Gasteiger partial charge in [-0.25, -0.2) is 4.98 Å². The molecule has 0 aliphatic carbocycles. The zero-order valence-corrected chi connectivity index (χ0v) is 6.93. The summed E-state index contributed by atoms with van der Waals surface area (Å²) >= 11 is 11.1. The van der Waals surface area contributed by atoms with Gasteiger partial charge in [0.15, 0.2) is 5.15 Å². The third-order valence-corrected chi connectivity index (χ3v) is 1.83. The molecule has 0 radical (unpaired) electrons. The van der Waals surface area contributed by atoms with E-state index in [2.05, 4.69) is 4.98 Å². The summed E-state index contributed by atoms with van der Waals surface area (Å²) in [4.78, 5) is 14.1. The Balaban J connectivity index is 2.87. The van der Waals surface area contributed by atoms with Crippen LogP contribution in [0.2, 0.25) is 10.3 Å². The standard InChI is InChI=1S/C5H5Cl2N3O/c6-4-5(7)10(2-9-4)1-3(8)11/h2H,1H2,(H2,8,11). The first-order valence-corrected chi connectivity index (χ1v) is 3.51. The van der Waals surface area contributed by atoms with Crippen molar-refractivity contribution >= 4 is 29.1 Å². The van der Waals surface area contributed by atoms with Crippen LogP contribution in [0.15, 0.2) is 6.33 Å². The zero-order chi connectivity index (χ0) is 8.43. The van der Waals surface area contributed by atoms with Crippen LogP contribution in [0.5, 0.6) is 0 Å². The molecule has 0 aromatic carbocycles. The van der Waals surface area contributed by atoms with Gasteiger partial charge in [0.2, 0.25) is 5.91 Å². The minimum absolute atomic E-state index is 0.00144. The van der Waals surface area contributed by atoms with E-state index in [0.717, 1.165) is 0 Å². The first-order valence-electron chi connectivity index (χ1n) is 2.75. The fourth-order valence-corrected chi connectivity index (χ4v) is 0.925. The Hall–Kier alpha value is -0.740. The van der Waals surface area contributed by atoms with Crippen LogP contribution in [0.25, 0.3) is 0 Å². The summed E-state index contributed by atoms with van der Waals surface area (Å²) < 4.78 is 1.37. The van der Waals surface area contributed by atoms with Gasteiger partial charge in [0.1, 0.15) is 11.7 Å². The maximum absolute atomic E-state index is 10.4. The SMILES string of the molecule is NC(=O)Cn1cnc(Cl)c1Cl. The number of rotatable bonds is 2. The van der Waals surface area contributed by atoms with Crippen molar-refractivity contribution in [3.05, 3.63) is 16.6 Å². The van der Waals surface area contributed by atoms with Crippen LogP contribution in [0.3, 0.4) is 0 Å². The van der Waals surface area contributed by atoms with Gasteiger partial charge in [0, 0.05) is 0 Å². The number of carbonyl (C=O) groups is 1. The van der Waals surface area contributed by atoms with Crippen LogP contribution in [-0.4, -0.2) is 15.5 Å². The molecule has 2 N–H and O–H groups in total. The Bertz CT molecular complexity index is 283. The molecule has 0 bridgehead atoms. The van der Waals surface area contributed by atoms with E-state index in [9.17, 15) is 4.79 Å². The van der Waals surface area contributed by atoms with Crippen molar-refractivity contribution in [2.45, 2.75) is 6.54 Å². The fourth-order valence-electron chi connectivity index (χ4n) is 0.621. The molecular formula is C5H5Cl2N3O. The van der Waals surface area contributed by atoms with Gasteiger partial charge >= 0.3 is 0 Å². The average molecular weight is 194 g/mol. The molecule has 1 aromatic heterocycles. The van der Waals surface area contributed by atoms with Gasteiger partial charge in [0.25, 0.3) is 0 Å². The topological polar surface area (TPSA) is 60.9 Å². The van der Waals surface area contributed by atoms with E-state index in [1.165, 1.54) is 10.9 Å². The zero-order valence-electron chi connectivity index (χ0n) is 5.42. The highest BCUT2D eigenvalue weighted by atomic mass is 35.5. The second-order valence-corrected chi connectivity index (χ2v) is 2.64. The van der Waals surface area contributed by atoms with Gasteiger partial charge in [0.05, 0.1) is 6.33 Å². The lowest BCUT2D eigenvalue weighted by Crippen LogP contribution is -2.18. The molecule has 0 atom stereocenters. The summed E-state index contributed by atoms with van der Waals surface area (Å²) in [5, 5.41) is 0.401. The van der Waals surface area contributed by atoms with E-state index < -0.39 is 5.91 Å². The van der Waals surface area contributed by atoms with Gasteiger partial charge in [-0.3, -0.25) is 4.79 Å². The predicted molar refractivity (Wildman–Crippen MR) is 41.4 cm³/mol. The van der Waals surface area contributed by atoms with Crippen LogP contribution in [0.1, 0.15) is 0 Å². The second-order valence-electron chi connectivity index (χ2n) is 1.92. The smallest absolute Gasteiger partial charge is 0.237 e. The van der Waals surface area contributed by atoms with Gasteiger partial charge in [-0.15, -0.1) is 0 Å². The lowest BCUT2D eigenvalue weighted by atomic mass is 10.6. The van der Waals surface area contributed by atoms with Crippen molar-refractivity contribution in [2.24, 2.45) is 5.73 Å². The van der Waals surface area contributed by atoms with Crippen molar-refractivity contribution in [1.82, 2.24) is 9.55 Å². The number of halogens is 2. The lowest BCUT2D eigenvalue weighted by Gasteiger charge is -1.97. The van der Waals surface area contributed by atoms with Gasteiger partial charge in [-0.2, -0.15) is 0 Å². The summed E-state index contributed by atoms with van der Waals surface area (Å²) in [6.45, 7) is -0.00144. The molecule has 0 aliphatic rings. The molecule has 1 heterocycles. The summed E-state index contributed by atoms with van der Waals surface area (Å²) in [7, 11) is 0. The number of imidazole rings is 1. The molecule has 6 heteroatoms. The minimum atomic E-state index is -0.485. The number of primary amides is 1. The molecule has 1 rings (SSSR count). The average Bonchev–Trinajstić information content (AvgIpc) is 2.18. The number of aromatic nitrogens is 2. The van der Waals surface area contributed by atoms with E-state index in [1.54, 1.807) is 0 Å². The predicted octanol–water partition coefficient (Wildman–Crippen LogP) is 0.675. The molecular weight excluding hydrogens is 189 g/mol. The highest BCUT2D eigenvalue weighted by Crippen LogP contribution is 2.18. The third kappa shape index (κ3) is 1.85. The van der Waals surface area contributed by atoms with Gasteiger partial charge < -0.3 is 10.3 Å². The van der Waals surface area contributed by atoms with E-state index in [-0.39, 0.29) is 16.9 Å². The molecule has 0 saturated heterocycles. The van der Waals surface area contributed by atoms with Crippen molar-refractivity contribution in [3.8, 4) is 0 Å². The Morgan fingerprint density at radius 2 is 2.36 bits per heavy atom. The van der Waals surface area contributed by atoms with Crippen molar-refractivity contribution in [2.75, 3.05) is 0 Å². The summed E-state index contributed by atoms with van der Waals surface area (Å²) in [5.41, 5.74) is 4.91. The van der Waals surface area contributed by atoms with Crippen LogP contribution >= 0.6 is 23.2 Å². The highest BCUT2D eigenvalue weighted by molar-refractivity contribution is 6.40. The van der Waals surface area contributed by atoms with E-state index >= 15 is 0 Å². The minimum Gasteiger partial charge on any atom is -0.368 e. The first kappa shape index (κ1) is 8.36. The summed E-state index contributed by atoms with van der Waals surface area (Å²) in [6.07, 6.45) is 1.36. The molecule has 0 fully saturated rings. The molecule has 0 spiro atoms. The van der Waals surface area contributed by atoms with Crippen LogP contribution in [0.4, 0.5) is 0 Å². The van der Waals surface area contributed by atoms with Gasteiger partial charge in [-0.05, 0) is 0 Å². The Morgan fingerprint density at radius 3 is 2.73 bits per heavy atom. The van der Waals surface area contributed by atoms with Crippen molar-refractivity contribution < 1.29 is 4.79 Å². The quantitative estimate of drug-likeness (QED) is 0.752. The first-order chi connectivity index (χ1) is 5.11. The monoisotopic (exact) mass is 193 g/mol. The maximum Gasteiger partial charge on any atom is 0.237 e. The molecule has 0 aliphatic heterocycles. The number of hydrogen-bond donors (Lipinski definition) is 1. The third-order valence-electron chi connectivity index (χ3n) is 1.06. The van der Waals surface area contributed by atoms with E-state index in [1.807, 2.05) is 0 Å². The molecule has 11 heavy (non-hydrogen) atoms.